The van der Waals surface area contributed by atoms with Crippen LogP contribution < -0.4 is 5.32 Å². The Bertz CT molecular complexity index is 889. The number of fused-ring (bicyclic) bond motifs is 1. The highest BCUT2D eigenvalue weighted by Crippen LogP contribution is 2.21. The van der Waals surface area contributed by atoms with Crippen LogP contribution in [-0.2, 0) is 20.0 Å². The molecule has 3 rings (SSSR count). The number of hydrogen-bond donors (Lipinski definition) is 2. The van der Waals surface area contributed by atoms with Crippen molar-refractivity contribution in [3.8, 4) is 0 Å². The number of hydrogen-bond acceptors (Lipinski definition) is 2. The van der Waals surface area contributed by atoms with Crippen LogP contribution in [0.1, 0.15) is 23.6 Å². The molecule has 0 saturated heterocycles. The number of rotatable bonds is 6. The molecule has 0 aliphatic carbocycles. The molecule has 6 heteroatoms. The van der Waals surface area contributed by atoms with Gasteiger partial charge in [-0.2, -0.15) is 5.10 Å². The molecule has 0 radical (unpaired) electrons. The number of aromatic amines is 1. The molecule has 0 fully saturated rings. The van der Waals surface area contributed by atoms with Gasteiger partial charge in [0, 0.05) is 62.6 Å². The van der Waals surface area contributed by atoms with E-state index in [9.17, 15) is 0 Å². The summed E-state index contributed by atoms with van der Waals surface area (Å²) in [5, 5.41) is 8.91. The molecule has 0 spiro atoms. The highest BCUT2D eigenvalue weighted by molar-refractivity contribution is 5.86. The predicted molar refractivity (Wildman–Crippen MR) is 107 cm³/mol. The number of aliphatic imine (C=N–C) groups is 1. The van der Waals surface area contributed by atoms with Crippen LogP contribution in [0.3, 0.4) is 0 Å². The molecule has 0 amide bonds. The Hall–Kier alpha value is -2.76. The minimum atomic E-state index is 0.751. The largest absolute Gasteiger partial charge is 0.361 e. The van der Waals surface area contributed by atoms with Crippen molar-refractivity contribution in [2.45, 2.75) is 26.8 Å². The third-order valence-electron chi connectivity index (χ3n) is 4.53. The zero-order valence-electron chi connectivity index (χ0n) is 16.1. The van der Waals surface area contributed by atoms with E-state index in [0.717, 1.165) is 32.0 Å². The van der Waals surface area contributed by atoms with Gasteiger partial charge in [0.15, 0.2) is 5.96 Å². The molecule has 26 heavy (non-hydrogen) atoms. The van der Waals surface area contributed by atoms with Crippen molar-refractivity contribution in [2.75, 3.05) is 20.1 Å². The van der Waals surface area contributed by atoms with E-state index >= 15 is 0 Å². The summed E-state index contributed by atoms with van der Waals surface area (Å²) in [5.41, 5.74) is 5.00. The van der Waals surface area contributed by atoms with Crippen LogP contribution in [0.5, 0.6) is 0 Å². The first-order chi connectivity index (χ1) is 12.6. The van der Waals surface area contributed by atoms with Crippen LogP contribution in [0.2, 0.25) is 0 Å². The summed E-state index contributed by atoms with van der Waals surface area (Å²) >= 11 is 0. The fourth-order valence-corrected chi connectivity index (χ4v) is 3.23. The van der Waals surface area contributed by atoms with Gasteiger partial charge in [-0.1, -0.05) is 18.2 Å². The Morgan fingerprint density at radius 2 is 2.23 bits per heavy atom. The standard InChI is InChI=1S/C20H28N6/c1-5-21-20(25(3)13-16-11-24-26(4)14-16)22-10-9-17-12-23-19-15(2)7-6-8-18(17)19/h6-8,11-12,14,23H,5,9-10,13H2,1-4H3,(H,21,22). The van der Waals surface area contributed by atoms with Gasteiger partial charge in [0.25, 0.3) is 0 Å². The second kappa shape index (κ2) is 8.08. The molecule has 2 aromatic heterocycles. The summed E-state index contributed by atoms with van der Waals surface area (Å²) in [5.74, 6) is 0.923. The molecular formula is C20H28N6. The Morgan fingerprint density at radius 3 is 2.96 bits per heavy atom. The highest BCUT2D eigenvalue weighted by atomic mass is 15.3. The normalized spacial score (nSPS) is 11.9. The number of H-pyrrole nitrogens is 1. The smallest absolute Gasteiger partial charge is 0.193 e. The van der Waals surface area contributed by atoms with E-state index in [1.165, 1.54) is 27.6 Å². The minimum Gasteiger partial charge on any atom is -0.361 e. The van der Waals surface area contributed by atoms with Crippen molar-refractivity contribution in [3.63, 3.8) is 0 Å². The van der Waals surface area contributed by atoms with E-state index in [1.807, 2.05) is 24.1 Å². The average molecular weight is 352 g/mol. The average Bonchev–Trinajstić information content (AvgIpc) is 3.21. The van der Waals surface area contributed by atoms with Crippen LogP contribution in [0, 0.1) is 6.92 Å². The zero-order chi connectivity index (χ0) is 18.5. The van der Waals surface area contributed by atoms with Crippen molar-refractivity contribution >= 4 is 16.9 Å². The molecular weight excluding hydrogens is 324 g/mol. The Morgan fingerprint density at radius 1 is 1.38 bits per heavy atom. The maximum absolute atomic E-state index is 4.81. The van der Waals surface area contributed by atoms with Crippen molar-refractivity contribution in [2.24, 2.45) is 12.0 Å². The maximum Gasteiger partial charge on any atom is 0.193 e. The van der Waals surface area contributed by atoms with Crippen molar-refractivity contribution in [1.82, 2.24) is 25.0 Å². The van der Waals surface area contributed by atoms with Crippen molar-refractivity contribution in [3.05, 3.63) is 53.5 Å². The summed E-state index contributed by atoms with van der Waals surface area (Å²) in [6.07, 6.45) is 6.96. The van der Waals surface area contributed by atoms with Crippen LogP contribution in [-0.4, -0.2) is 45.8 Å². The maximum atomic E-state index is 4.81. The first kappa shape index (κ1) is 18.0. The van der Waals surface area contributed by atoms with Gasteiger partial charge in [0.1, 0.15) is 0 Å². The van der Waals surface area contributed by atoms with Crippen LogP contribution >= 0.6 is 0 Å². The van der Waals surface area contributed by atoms with Gasteiger partial charge in [-0.15, -0.1) is 0 Å². The van der Waals surface area contributed by atoms with E-state index in [2.05, 4.69) is 65.6 Å². The van der Waals surface area contributed by atoms with Gasteiger partial charge in [0.05, 0.1) is 6.20 Å². The molecule has 0 bridgehead atoms. The third kappa shape index (κ3) is 4.07. The lowest BCUT2D eigenvalue weighted by atomic mass is 10.1. The van der Waals surface area contributed by atoms with Gasteiger partial charge in [-0.25, -0.2) is 0 Å². The summed E-state index contributed by atoms with van der Waals surface area (Å²) in [6.45, 7) is 6.61. The molecule has 138 valence electrons. The second-order valence-corrected chi connectivity index (χ2v) is 6.68. The molecule has 1 aromatic carbocycles. The lowest BCUT2D eigenvalue weighted by Crippen LogP contribution is -2.38. The Kier molecular flexibility index (Phi) is 5.61. The van der Waals surface area contributed by atoms with E-state index in [1.54, 1.807) is 0 Å². The number of nitrogens with one attached hydrogen (secondary N) is 2. The van der Waals surface area contributed by atoms with Gasteiger partial charge in [-0.05, 0) is 31.4 Å². The van der Waals surface area contributed by atoms with E-state index in [-0.39, 0.29) is 0 Å². The molecule has 0 aliphatic heterocycles. The number of guanidine groups is 1. The van der Waals surface area contributed by atoms with Crippen LogP contribution in [0.4, 0.5) is 0 Å². The summed E-state index contributed by atoms with van der Waals surface area (Å²) in [4.78, 5) is 10.3. The van der Waals surface area contributed by atoms with Crippen molar-refractivity contribution < 1.29 is 0 Å². The number of nitrogens with zero attached hydrogens (tertiary/aromatic N) is 4. The molecule has 0 saturated carbocycles. The molecule has 2 N–H and O–H groups in total. The lowest BCUT2D eigenvalue weighted by molar-refractivity contribution is 0.477. The van der Waals surface area contributed by atoms with Gasteiger partial charge < -0.3 is 15.2 Å². The Labute approximate surface area is 154 Å². The predicted octanol–water partition coefficient (Wildman–Crippen LogP) is 2.85. The molecule has 0 aliphatic rings. The van der Waals surface area contributed by atoms with Gasteiger partial charge in [-0.3, -0.25) is 9.67 Å². The van der Waals surface area contributed by atoms with Gasteiger partial charge in [0.2, 0.25) is 0 Å². The topological polar surface area (TPSA) is 61.2 Å². The molecule has 3 aromatic rings. The quantitative estimate of drug-likeness (QED) is 0.530. The first-order valence-corrected chi connectivity index (χ1v) is 9.11. The second-order valence-electron chi connectivity index (χ2n) is 6.68. The molecule has 0 atom stereocenters. The molecule has 6 nitrogen and oxygen atoms in total. The molecule has 2 heterocycles. The summed E-state index contributed by atoms with van der Waals surface area (Å²) in [6, 6.07) is 6.43. The monoisotopic (exact) mass is 352 g/mol. The first-order valence-electron chi connectivity index (χ1n) is 9.11. The number of para-hydroxylation sites is 1. The third-order valence-corrected chi connectivity index (χ3v) is 4.53. The minimum absolute atomic E-state index is 0.751. The van der Waals surface area contributed by atoms with Gasteiger partial charge >= 0.3 is 0 Å². The highest BCUT2D eigenvalue weighted by Gasteiger charge is 2.09. The lowest BCUT2D eigenvalue weighted by Gasteiger charge is -2.21. The molecule has 0 unspecified atom stereocenters. The van der Waals surface area contributed by atoms with Crippen molar-refractivity contribution in [1.29, 1.82) is 0 Å². The van der Waals surface area contributed by atoms with E-state index in [0.29, 0.717) is 0 Å². The fourth-order valence-electron chi connectivity index (χ4n) is 3.23. The van der Waals surface area contributed by atoms with E-state index < -0.39 is 0 Å². The summed E-state index contributed by atoms with van der Waals surface area (Å²) < 4.78 is 1.83. The zero-order valence-corrected chi connectivity index (χ0v) is 16.1. The fraction of sp³-hybridized carbons (Fsp3) is 0.400. The Balaban J connectivity index is 1.67. The SMILES string of the molecule is CCNC(=NCCc1c[nH]c2c(C)cccc12)N(C)Cc1cnn(C)c1. The van der Waals surface area contributed by atoms with Crippen LogP contribution in [0.15, 0.2) is 41.8 Å². The summed E-state index contributed by atoms with van der Waals surface area (Å²) in [7, 11) is 4.00. The van der Waals surface area contributed by atoms with Crippen LogP contribution in [0.25, 0.3) is 10.9 Å². The van der Waals surface area contributed by atoms with E-state index in [4.69, 9.17) is 4.99 Å². The number of benzene rings is 1. The number of aryl methyl sites for hydroxylation is 2. The number of aromatic nitrogens is 3.